The standard InChI is InChI=1S/C55H98O12/c1-4-7-10-13-16-19-21-23-24-26-27-30-32-35-38-41-47(56)63-44-46(65-48(57)42-39-36-33-29-18-15-12-9-6-3)45-64-55-53(51(60)50(59)52(67-55)54(61)62)66-49(58)43-40-37-34-31-28-25-22-20-17-14-11-8-5-2/h11,14,20,22,46,50-53,55,59-60H,4-10,12-13,15-19,21,23-45H2,1-3H3,(H,61,62)/b14-11-,22-20-. The molecule has 1 rings (SSSR count). The molecule has 1 aliphatic heterocycles. The molecule has 1 aliphatic rings. The first-order valence-electron chi connectivity index (χ1n) is 27.3. The van der Waals surface area contributed by atoms with Crippen molar-refractivity contribution in [3.63, 3.8) is 0 Å². The second-order valence-corrected chi connectivity index (χ2v) is 18.9. The van der Waals surface area contributed by atoms with Crippen LogP contribution in [0.5, 0.6) is 0 Å². The zero-order chi connectivity index (χ0) is 49.0. The van der Waals surface area contributed by atoms with Crippen molar-refractivity contribution in [3.8, 4) is 0 Å². The summed E-state index contributed by atoms with van der Waals surface area (Å²) in [6.45, 7) is 5.90. The fourth-order valence-corrected chi connectivity index (χ4v) is 8.29. The van der Waals surface area contributed by atoms with Crippen LogP contribution in [-0.2, 0) is 42.9 Å². The van der Waals surface area contributed by atoms with Gasteiger partial charge in [-0.1, -0.05) is 212 Å². The Labute approximate surface area is 407 Å². The number of hydrogen-bond donors (Lipinski definition) is 3. The van der Waals surface area contributed by atoms with Gasteiger partial charge in [0, 0.05) is 19.3 Å². The third kappa shape index (κ3) is 35.0. The van der Waals surface area contributed by atoms with Gasteiger partial charge >= 0.3 is 23.9 Å². The van der Waals surface area contributed by atoms with Gasteiger partial charge in [0.1, 0.15) is 18.8 Å². The Morgan fingerprint density at radius 2 is 0.925 bits per heavy atom. The molecule has 3 N–H and O–H groups in total. The second kappa shape index (κ2) is 44.4. The van der Waals surface area contributed by atoms with Crippen LogP contribution in [-0.4, -0.2) is 89.2 Å². The van der Waals surface area contributed by atoms with Gasteiger partial charge in [-0.2, -0.15) is 0 Å². The first kappa shape index (κ1) is 62.2. The third-order valence-electron chi connectivity index (χ3n) is 12.5. The van der Waals surface area contributed by atoms with E-state index in [0.29, 0.717) is 19.3 Å². The molecule has 0 saturated carbocycles. The number of carbonyl (C=O) groups is 4. The number of carboxylic acid groups (broad SMARTS) is 1. The van der Waals surface area contributed by atoms with Crippen LogP contribution < -0.4 is 0 Å². The van der Waals surface area contributed by atoms with E-state index < -0.39 is 67.3 Å². The van der Waals surface area contributed by atoms with Gasteiger partial charge in [0.05, 0.1) is 6.61 Å². The monoisotopic (exact) mass is 951 g/mol. The minimum atomic E-state index is -1.90. The Morgan fingerprint density at radius 3 is 1.40 bits per heavy atom. The van der Waals surface area contributed by atoms with E-state index in [1.807, 2.05) is 0 Å². The maximum Gasteiger partial charge on any atom is 0.335 e. The predicted molar refractivity (Wildman–Crippen MR) is 266 cm³/mol. The highest BCUT2D eigenvalue weighted by molar-refractivity contribution is 5.74. The van der Waals surface area contributed by atoms with Crippen LogP contribution in [0, 0.1) is 0 Å². The number of aliphatic carboxylic acids is 1. The number of allylic oxidation sites excluding steroid dienone is 4. The Hall–Kier alpha value is -2.80. The molecule has 0 aromatic carbocycles. The first-order chi connectivity index (χ1) is 32.6. The molecule has 12 heteroatoms. The zero-order valence-corrected chi connectivity index (χ0v) is 42.7. The van der Waals surface area contributed by atoms with Crippen LogP contribution in [0.3, 0.4) is 0 Å². The van der Waals surface area contributed by atoms with Crippen LogP contribution >= 0.6 is 0 Å². The molecule has 6 atom stereocenters. The maximum absolute atomic E-state index is 13.0. The van der Waals surface area contributed by atoms with E-state index in [1.54, 1.807) is 0 Å². The summed E-state index contributed by atoms with van der Waals surface area (Å²) in [7, 11) is 0. The number of carboxylic acids is 1. The van der Waals surface area contributed by atoms with Gasteiger partial charge in [-0.05, 0) is 44.9 Å². The smallest absolute Gasteiger partial charge is 0.335 e. The van der Waals surface area contributed by atoms with Crippen LogP contribution in [0.1, 0.15) is 252 Å². The fourth-order valence-electron chi connectivity index (χ4n) is 8.29. The molecule has 1 fully saturated rings. The van der Waals surface area contributed by atoms with E-state index >= 15 is 0 Å². The van der Waals surface area contributed by atoms with Crippen molar-refractivity contribution in [2.75, 3.05) is 13.2 Å². The second-order valence-electron chi connectivity index (χ2n) is 18.9. The summed E-state index contributed by atoms with van der Waals surface area (Å²) in [6.07, 6.45) is 36.0. The maximum atomic E-state index is 13.0. The molecule has 1 saturated heterocycles. The van der Waals surface area contributed by atoms with Crippen molar-refractivity contribution in [3.05, 3.63) is 24.3 Å². The van der Waals surface area contributed by atoms with Crippen molar-refractivity contribution < 1.29 is 58.2 Å². The van der Waals surface area contributed by atoms with Gasteiger partial charge in [0.2, 0.25) is 0 Å². The topological polar surface area (TPSA) is 175 Å². The third-order valence-corrected chi connectivity index (χ3v) is 12.5. The number of ether oxygens (including phenoxy) is 5. The molecule has 0 amide bonds. The number of unbranched alkanes of at least 4 members (excludes halogenated alkanes) is 28. The van der Waals surface area contributed by atoms with Crippen LogP contribution in [0.15, 0.2) is 24.3 Å². The average molecular weight is 951 g/mol. The van der Waals surface area contributed by atoms with Crippen LogP contribution in [0.4, 0.5) is 0 Å². The SMILES string of the molecule is CCC/C=C\C/C=C\CCCCCCCC(=O)OC1C(OCC(COC(=O)CCCCCCCCCCCCCCCCC)OC(=O)CCCCCCCCCCC)OC(C(=O)O)C(O)C1O. The van der Waals surface area contributed by atoms with Gasteiger partial charge in [-0.3, -0.25) is 14.4 Å². The summed E-state index contributed by atoms with van der Waals surface area (Å²) in [4.78, 5) is 50.8. The zero-order valence-electron chi connectivity index (χ0n) is 42.7. The van der Waals surface area contributed by atoms with Crippen molar-refractivity contribution in [1.29, 1.82) is 0 Å². The molecule has 0 bridgehead atoms. The highest BCUT2D eigenvalue weighted by Gasteiger charge is 2.50. The Bertz CT molecular complexity index is 1270. The molecule has 0 aliphatic carbocycles. The summed E-state index contributed by atoms with van der Waals surface area (Å²) < 4.78 is 28.3. The quantitative estimate of drug-likeness (QED) is 0.0228. The van der Waals surface area contributed by atoms with E-state index in [-0.39, 0.29) is 25.9 Å². The average Bonchev–Trinajstić information content (AvgIpc) is 3.31. The number of aliphatic hydroxyl groups excluding tert-OH is 2. The van der Waals surface area contributed by atoms with E-state index in [1.165, 1.54) is 103 Å². The number of hydrogen-bond acceptors (Lipinski definition) is 11. The highest BCUT2D eigenvalue weighted by atomic mass is 16.7. The molecular weight excluding hydrogens is 853 g/mol. The van der Waals surface area contributed by atoms with Gasteiger partial charge in [0.15, 0.2) is 24.6 Å². The van der Waals surface area contributed by atoms with E-state index in [2.05, 4.69) is 45.1 Å². The molecule has 0 spiro atoms. The lowest BCUT2D eigenvalue weighted by molar-refractivity contribution is -0.301. The molecular formula is C55H98O12. The molecule has 67 heavy (non-hydrogen) atoms. The number of esters is 3. The van der Waals surface area contributed by atoms with Crippen LogP contribution in [0.2, 0.25) is 0 Å². The largest absolute Gasteiger partial charge is 0.479 e. The molecule has 0 aromatic heterocycles. The molecule has 12 nitrogen and oxygen atoms in total. The summed E-state index contributed by atoms with van der Waals surface area (Å²) in [6, 6.07) is 0. The minimum Gasteiger partial charge on any atom is -0.479 e. The minimum absolute atomic E-state index is 0.0484. The summed E-state index contributed by atoms with van der Waals surface area (Å²) >= 11 is 0. The Morgan fingerprint density at radius 1 is 0.493 bits per heavy atom. The molecule has 6 unspecified atom stereocenters. The van der Waals surface area contributed by atoms with Gasteiger partial charge < -0.3 is 39.0 Å². The lowest BCUT2D eigenvalue weighted by Crippen LogP contribution is -2.61. The summed E-state index contributed by atoms with van der Waals surface area (Å²) in [5, 5.41) is 31.3. The summed E-state index contributed by atoms with van der Waals surface area (Å²) in [5.74, 6) is -3.12. The normalized spacial score (nSPS) is 19.0. The number of rotatable bonds is 46. The number of aliphatic hydroxyl groups is 2. The van der Waals surface area contributed by atoms with E-state index in [0.717, 1.165) is 89.9 Å². The lowest BCUT2D eigenvalue weighted by atomic mass is 9.98. The Balaban J connectivity index is 2.68. The first-order valence-corrected chi connectivity index (χ1v) is 27.3. The number of carbonyl (C=O) groups excluding carboxylic acids is 3. The molecule has 1 heterocycles. The van der Waals surface area contributed by atoms with Crippen molar-refractivity contribution in [1.82, 2.24) is 0 Å². The van der Waals surface area contributed by atoms with Gasteiger partial charge in [0.25, 0.3) is 0 Å². The van der Waals surface area contributed by atoms with E-state index in [9.17, 15) is 34.5 Å². The van der Waals surface area contributed by atoms with Crippen molar-refractivity contribution in [2.24, 2.45) is 0 Å². The predicted octanol–water partition coefficient (Wildman–Crippen LogP) is 13.1. The van der Waals surface area contributed by atoms with Gasteiger partial charge in [-0.25, -0.2) is 4.79 Å². The molecule has 0 aromatic rings. The van der Waals surface area contributed by atoms with Crippen molar-refractivity contribution >= 4 is 23.9 Å². The molecule has 390 valence electrons. The fraction of sp³-hybridized carbons (Fsp3) is 0.855. The lowest BCUT2D eigenvalue weighted by Gasteiger charge is -2.40. The highest BCUT2D eigenvalue weighted by Crippen LogP contribution is 2.26. The summed E-state index contributed by atoms with van der Waals surface area (Å²) in [5.41, 5.74) is 0. The van der Waals surface area contributed by atoms with Gasteiger partial charge in [-0.15, -0.1) is 0 Å². The van der Waals surface area contributed by atoms with E-state index in [4.69, 9.17) is 23.7 Å². The van der Waals surface area contributed by atoms with Crippen LogP contribution in [0.25, 0.3) is 0 Å². The molecule has 0 radical (unpaired) electrons. The Kier molecular flexibility index (Phi) is 41.2. The van der Waals surface area contributed by atoms with Crippen molar-refractivity contribution in [2.45, 2.75) is 289 Å².